The number of hydrogen-bond acceptors (Lipinski definition) is 3. The number of carbonyl (C=O) groups is 1. The first kappa shape index (κ1) is 30.5. The molecule has 0 saturated carbocycles. The maximum Gasteiger partial charge on any atom is 0.329 e. The summed E-state index contributed by atoms with van der Waals surface area (Å²) in [6.45, 7) is 3.67. The minimum Gasteiger partial charge on any atom is -0.480 e. The Kier molecular flexibility index (Phi) is 19.7. The van der Waals surface area contributed by atoms with Gasteiger partial charge < -0.3 is 14.6 Å². The Morgan fingerprint density at radius 1 is 0.735 bits per heavy atom. The fourth-order valence-corrected chi connectivity index (χ4v) is 4.44. The molecule has 0 radical (unpaired) electrons. The number of benzene rings is 1. The van der Waals surface area contributed by atoms with Crippen LogP contribution in [0.2, 0.25) is 0 Å². The third-order valence-electron chi connectivity index (χ3n) is 6.51. The van der Waals surface area contributed by atoms with E-state index in [4.69, 9.17) is 14.6 Å². The Hall–Kier alpha value is -1.55. The molecule has 0 spiro atoms. The molecule has 0 bridgehead atoms. The third kappa shape index (κ3) is 17.9. The zero-order valence-corrected chi connectivity index (χ0v) is 22.2. The van der Waals surface area contributed by atoms with Crippen molar-refractivity contribution in [1.29, 1.82) is 0 Å². The maximum absolute atomic E-state index is 10.6. The van der Waals surface area contributed by atoms with Crippen LogP contribution in [0.1, 0.15) is 135 Å². The minimum absolute atomic E-state index is 0.345. The van der Waals surface area contributed by atoms with Gasteiger partial charge >= 0.3 is 5.97 Å². The first-order valence-electron chi connectivity index (χ1n) is 14.2. The number of carboxylic acid groups (broad SMARTS) is 1. The number of ether oxygens (including phenoxy) is 2. The van der Waals surface area contributed by atoms with Crippen molar-refractivity contribution in [2.75, 3.05) is 6.61 Å². The van der Waals surface area contributed by atoms with Gasteiger partial charge in [-0.2, -0.15) is 0 Å². The van der Waals surface area contributed by atoms with Gasteiger partial charge in [0.2, 0.25) is 0 Å². The van der Waals surface area contributed by atoms with E-state index in [-0.39, 0.29) is 6.61 Å². The van der Waals surface area contributed by atoms with Crippen molar-refractivity contribution in [2.24, 2.45) is 0 Å². The normalized spacial score (nSPS) is 12.1. The molecule has 0 aromatic heterocycles. The van der Waals surface area contributed by atoms with E-state index >= 15 is 0 Å². The Labute approximate surface area is 209 Å². The monoisotopic (exact) mass is 476 g/mol. The highest BCUT2D eigenvalue weighted by Gasteiger charge is 2.10. The van der Waals surface area contributed by atoms with Crippen LogP contribution in [0.4, 0.5) is 0 Å². The summed E-state index contributed by atoms with van der Waals surface area (Å²) in [6.07, 6.45) is 25.3. The summed E-state index contributed by atoms with van der Waals surface area (Å²) in [4.78, 5) is 10.6. The second-order valence-corrected chi connectivity index (χ2v) is 9.76. The highest BCUT2D eigenvalue weighted by Crippen LogP contribution is 2.22. The molecule has 4 nitrogen and oxygen atoms in total. The zero-order valence-electron chi connectivity index (χ0n) is 22.2. The molecule has 1 unspecified atom stereocenters. The van der Waals surface area contributed by atoms with Crippen molar-refractivity contribution in [2.45, 2.75) is 142 Å². The van der Waals surface area contributed by atoms with Crippen molar-refractivity contribution in [1.82, 2.24) is 0 Å². The van der Waals surface area contributed by atoms with Crippen molar-refractivity contribution in [3.8, 4) is 5.75 Å². The van der Waals surface area contributed by atoms with Crippen LogP contribution < -0.4 is 4.74 Å². The molecule has 1 atom stereocenters. The zero-order chi connectivity index (χ0) is 24.7. The summed E-state index contributed by atoms with van der Waals surface area (Å²) in [5.41, 5.74) is 1.17. The fraction of sp³-hybridized carbons (Fsp3) is 0.767. The van der Waals surface area contributed by atoms with E-state index in [9.17, 15) is 4.79 Å². The van der Waals surface area contributed by atoms with Crippen LogP contribution in [0.5, 0.6) is 5.75 Å². The lowest BCUT2D eigenvalue weighted by Crippen LogP contribution is -2.21. The van der Waals surface area contributed by atoms with Gasteiger partial charge in [0.05, 0.1) is 0 Å². The lowest BCUT2D eigenvalue weighted by atomic mass is 10.0. The Bertz CT molecular complexity index is 601. The molecule has 0 fully saturated rings. The SMILES string of the molecule is CCCCCCCCCCCCCCCCCCCCc1ccccc1OC(C)OCC(=O)O. The molecule has 34 heavy (non-hydrogen) atoms. The highest BCUT2D eigenvalue weighted by atomic mass is 16.7. The van der Waals surface area contributed by atoms with Gasteiger partial charge in [-0.05, 0) is 31.4 Å². The Balaban J connectivity index is 1.94. The van der Waals surface area contributed by atoms with Crippen LogP contribution in [-0.4, -0.2) is 24.0 Å². The van der Waals surface area contributed by atoms with E-state index in [0.29, 0.717) is 0 Å². The molecule has 0 aliphatic heterocycles. The second kappa shape index (κ2) is 21.9. The van der Waals surface area contributed by atoms with E-state index in [1.54, 1.807) is 6.92 Å². The molecule has 196 valence electrons. The van der Waals surface area contributed by atoms with Crippen LogP contribution in [0.15, 0.2) is 24.3 Å². The van der Waals surface area contributed by atoms with E-state index in [1.807, 2.05) is 18.2 Å². The predicted octanol–water partition coefficient (Wildman–Crippen LogP) is 9.10. The van der Waals surface area contributed by atoms with Gasteiger partial charge in [0.25, 0.3) is 0 Å². The lowest BCUT2D eigenvalue weighted by molar-refractivity contribution is -0.151. The van der Waals surface area contributed by atoms with Crippen LogP contribution in [0.3, 0.4) is 0 Å². The molecule has 0 heterocycles. The molecule has 4 heteroatoms. The first-order chi connectivity index (χ1) is 16.6. The average Bonchev–Trinajstić information content (AvgIpc) is 2.83. The Morgan fingerprint density at radius 2 is 1.18 bits per heavy atom. The standard InChI is InChI=1S/C30H52O4/c1-3-4-5-6-7-8-9-10-11-12-13-14-15-16-17-18-19-20-23-28-24-21-22-25-29(28)34-27(2)33-26-30(31)32/h21-22,24-25,27H,3-20,23,26H2,1-2H3,(H,31,32). The maximum atomic E-state index is 10.6. The van der Waals surface area contributed by atoms with Crippen LogP contribution in [-0.2, 0) is 16.0 Å². The summed E-state index contributed by atoms with van der Waals surface area (Å²) >= 11 is 0. The lowest BCUT2D eigenvalue weighted by Gasteiger charge is -2.17. The van der Waals surface area contributed by atoms with E-state index in [1.165, 1.54) is 115 Å². The van der Waals surface area contributed by atoms with Crippen LogP contribution in [0, 0.1) is 0 Å². The number of unbranched alkanes of at least 4 members (excludes halogenated alkanes) is 17. The van der Waals surface area contributed by atoms with Crippen molar-refractivity contribution in [3.05, 3.63) is 29.8 Å². The summed E-state index contributed by atoms with van der Waals surface area (Å²) < 4.78 is 11.0. The quantitative estimate of drug-likeness (QED) is 0.119. The minimum atomic E-state index is -0.984. The number of aryl methyl sites for hydroxylation is 1. The number of rotatable bonds is 24. The van der Waals surface area contributed by atoms with Gasteiger partial charge in [-0.15, -0.1) is 0 Å². The molecule has 1 N–H and O–H groups in total. The summed E-state index contributed by atoms with van der Waals surface area (Å²) in [5, 5.41) is 8.72. The van der Waals surface area contributed by atoms with Crippen molar-refractivity contribution >= 4 is 5.97 Å². The van der Waals surface area contributed by atoms with Gasteiger partial charge in [0, 0.05) is 0 Å². The topological polar surface area (TPSA) is 55.8 Å². The fourth-order valence-electron chi connectivity index (χ4n) is 4.44. The van der Waals surface area contributed by atoms with E-state index < -0.39 is 12.3 Å². The van der Waals surface area contributed by atoms with E-state index in [2.05, 4.69) is 13.0 Å². The van der Waals surface area contributed by atoms with Gasteiger partial charge in [0.1, 0.15) is 12.4 Å². The molecule has 1 aromatic rings. The molecule has 0 amide bonds. The van der Waals surface area contributed by atoms with Crippen LogP contribution >= 0.6 is 0 Å². The molecule has 1 rings (SSSR count). The smallest absolute Gasteiger partial charge is 0.329 e. The number of carboxylic acids is 1. The number of aliphatic carboxylic acids is 1. The third-order valence-corrected chi connectivity index (χ3v) is 6.51. The highest BCUT2D eigenvalue weighted by molar-refractivity contribution is 5.68. The van der Waals surface area contributed by atoms with Gasteiger partial charge in [-0.25, -0.2) is 4.79 Å². The molecule has 0 saturated heterocycles. The predicted molar refractivity (Wildman–Crippen MR) is 143 cm³/mol. The summed E-state index contributed by atoms with van der Waals surface area (Å²) in [5.74, 6) is -0.185. The Morgan fingerprint density at radius 3 is 1.65 bits per heavy atom. The van der Waals surface area contributed by atoms with Crippen molar-refractivity contribution < 1.29 is 19.4 Å². The van der Waals surface area contributed by atoms with Crippen LogP contribution in [0.25, 0.3) is 0 Å². The number of hydrogen-bond donors (Lipinski definition) is 1. The van der Waals surface area contributed by atoms with Gasteiger partial charge in [-0.3, -0.25) is 0 Å². The molecule has 0 aliphatic rings. The van der Waals surface area contributed by atoms with Gasteiger partial charge in [0.15, 0.2) is 6.29 Å². The first-order valence-corrected chi connectivity index (χ1v) is 14.2. The number of para-hydroxylation sites is 1. The van der Waals surface area contributed by atoms with E-state index in [0.717, 1.165) is 18.6 Å². The summed E-state index contributed by atoms with van der Waals surface area (Å²) in [7, 11) is 0. The largest absolute Gasteiger partial charge is 0.480 e. The molecule has 0 aliphatic carbocycles. The molecular weight excluding hydrogens is 424 g/mol. The molecular formula is C30H52O4. The average molecular weight is 477 g/mol. The summed E-state index contributed by atoms with van der Waals surface area (Å²) in [6, 6.07) is 8.00. The van der Waals surface area contributed by atoms with Crippen molar-refractivity contribution in [3.63, 3.8) is 0 Å². The molecule has 1 aromatic carbocycles. The second-order valence-electron chi connectivity index (χ2n) is 9.76. The van der Waals surface area contributed by atoms with Gasteiger partial charge in [-0.1, -0.05) is 134 Å².